The van der Waals surface area contributed by atoms with Crippen molar-refractivity contribution in [3.63, 3.8) is 0 Å². The van der Waals surface area contributed by atoms with E-state index in [1.807, 2.05) is 0 Å². The highest BCUT2D eigenvalue weighted by molar-refractivity contribution is 7.90. The zero-order valence-electron chi connectivity index (χ0n) is 9.23. The number of hydrogen-bond donors (Lipinski definition) is 1. The van der Waals surface area contributed by atoms with Crippen molar-refractivity contribution in [2.24, 2.45) is 7.05 Å². The van der Waals surface area contributed by atoms with E-state index in [2.05, 4.69) is 4.98 Å². The molecular weight excluding hydrogens is 296 g/mol. The highest BCUT2D eigenvalue weighted by atomic mass is 35.5. The molecule has 0 aliphatic rings. The minimum absolute atomic E-state index is 0.182. The molecule has 1 aromatic rings. The lowest BCUT2D eigenvalue weighted by molar-refractivity contribution is -0.675. The topological polar surface area (TPSA) is 16.8 Å². The van der Waals surface area contributed by atoms with Crippen molar-refractivity contribution in [3.05, 3.63) is 26.2 Å². The Hall–Kier alpha value is -0.330. The van der Waals surface area contributed by atoms with Crippen LogP contribution in [0, 0.1) is 11.6 Å². The Bertz CT molecular complexity index is 529. The summed E-state index contributed by atoms with van der Waals surface area (Å²) in [6.07, 6.45) is -2.93. The maximum absolute atomic E-state index is 12.8. The molecule has 0 unspecified atom stereocenters. The Morgan fingerprint density at radius 2 is 1.82 bits per heavy atom. The van der Waals surface area contributed by atoms with Crippen LogP contribution in [0.2, 0.25) is 10.2 Å². The molecular formula is C9H10Cl2F3N2S+. The van der Waals surface area contributed by atoms with Crippen LogP contribution in [0.3, 0.4) is 0 Å². The molecule has 17 heavy (non-hydrogen) atoms. The fourth-order valence-corrected chi connectivity index (χ4v) is 2.34. The Balaban J connectivity index is 3.92. The summed E-state index contributed by atoms with van der Waals surface area (Å²) in [5, 5.41) is -0.765. The first-order valence-corrected chi connectivity index (χ1v) is 6.55. The summed E-state index contributed by atoms with van der Waals surface area (Å²) in [6.45, 7) is 1.64. The lowest BCUT2D eigenvalue weighted by Gasteiger charge is -2.03. The van der Waals surface area contributed by atoms with Gasteiger partial charge in [0.05, 0.1) is 0 Å². The second-order valence-electron chi connectivity index (χ2n) is 3.25. The van der Waals surface area contributed by atoms with Gasteiger partial charge in [-0.1, -0.05) is 11.6 Å². The highest BCUT2D eigenvalue weighted by Gasteiger charge is 2.38. The first-order valence-electron chi connectivity index (χ1n) is 4.46. The van der Waals surface area contributed by atoms with E-state index in [0.717, 1.165) is 0 Å². The number of hydrogen-bond acceptors (Lipinski definition) is 1. The fourth-order valence-electron chi connectivity index (χ4n) is 1.18. The first kappa shape index (κ1) is 14.7. The van der Waals surface area contributed by atoms with Crippen molar-refractivity contribution >= 4 is 34.6 Å². The third-order valence-corrected chi connectivity index (χ3v) is 3.95. The van der Waals surface area contributed by atoms with Crippen LogP contribution < -0.4 is 4.57 Å². The maximum Gasteiger partial charge on any atom is 0.435 e. The van der Waals surface area contributed by atoms with E-state index >= 15 is 0 Å². The van der Waals surface area contributed by atoms with Gasteiger partial charge >= 0.3 is 6.18 Å². The molecule has 0 saturated heterocycles. The van der Waals surface area contributed by atoms with E-state index in [1.165, 1.54) is 4.57 Å². The zero-order valence-corrected chi connectivity index (χ0v) is 11.6. The van der Waals surface area contributed by atoms with Gasteiger partial charge in [-0.3, -0.25) is 0 Å². The Morgan fingerprint density at radius 1 is 1.29 bits per heavy atom. The quantitative estimate of drug-likeness (QED) is 0.442. The molecule has 2 nitrogen and oxygen atoms in total. The molecule has 0 aliphatic heterocycles. The molecule has 0 atom stereocenters. The van der Waals surface area contributed by atoms with Crippen LogP contribution in [0.1, 0.15) is 11.4 Å². The number of nitrogens with zero attached hydrogens (tertiary/aromatic N) is 2. The minimum Gasteiger partial charge on any atom is -0.230 e. The van der Waals surface area contributed by atoms with Gasteiger partial charge in [0.2, 0.25) is 5.69 Å². The molecule has 0 radical (unpaired) electrons. The summed E-state index contributed by atoms with van der Waals surface area (Å²) in [7, 11) is 1.54. The third kappa shape index (κ3) is 2.92. The van der Waals surface area contributed by atoms with Gasteiger partial charge in [0, 0.05) is 6.92 Å². The summed E-state index contributed by atoms with van der Waals surface area (Å²) in [5.74, 6) is 0. The van der Waals surface area contributed by atoms with Crippen molar-refractivity contribution in [3.8, 4) is 0 Å². The zero-order chi connectivity index (χ0) is 13.4. The number of aromatic nitrogens is 2. The van der Waals surface area contributed by atoms with E-state index in [-0.39, 0.29) is 9.79 Å². The third-order valence-electron chi connectivity index (χ3n) is 2.21. The summed E-state index contributed by atoms with van der Waals surface area (Å²) in [6, 6.07) is 0. The summed E-state index contributed by atoms with van der Waals surface area (Å²) >= 11 is 12.0. The van der Waals surface area contributed by atoms with E-state index in [9.17, 15) is 13.2 Å². The lowest BCUT2D eigenvalue weighted by Crippen LogP contribution is -2.32. The average molecular weight is 306 g/mol. The minimum atomic E-state index is -4.63. The molecule has 0 aliphatic carbocycles. The average Bonchev–Trinajstić information content (AvgIpc) is 2.31. The Labute approximate surface area is 110 Å². The van der Waals surface area contributed by atoms with Crippen LogP contribution in [0.5, 0.6) is 0 Å². The summed E-state index contributed by atoms with van der Waals surface area (Å²) in [5.41, 5.74) is -0.617. The molecule has 0 aromatic carbocycles. The van der Waals surface area contributed by atoms with Crippen molar-refractivity contribution in [1.29, 1.82) is 0 Å². The van der Waals surface area contributed by atoms with Gasteiger partial charge in [0.15, 0.2) is 15.4 Å². The van der Waals surface area contributed by atoms with Crippen LogP contribution in [-0.4, -0.2) is 11.2 Å². The molecule has 0 amide bonds. The van der Waals surface area contributed by atoms with Crippen LogP contribution in [0.4, 0.5) is 13.2 Å². The first-order chi connectivity index (χ1) is 7.70. The van der Waals surface area contributed by atoms with Gasteiger partial charge in [-0.15, -0.1) is 0 Å². The standard InChI is InChI=1S/C9H10Cl2F3N2S/c1-4-8(17-3)15-6(9(12,13)14)5(10)7(11)16(4)2/h17H,1-3H3/q+1. The largest absolute Gasteiger partial charge is 0.435 e. The van der Waals surface area contributed by atoms with Crippen molar-refractivity contribution in [2.45, 2.75) is 13.1 Å². The molecule has 0 bridgehead atoms. The second-order valence-corrected chi connectivity index (χ2v) is 4.86. The predicted molar refractivity (Wildman–Crippen MR) is 63.3 cm³/mol. The molecule has 0 spiro atoms. The van der Waals surface area contributed by atoms with E-state index in [4.69, 9.17) is 23.2 Å². The van der Waals surface area contributed by atoms with Gasteiger partial charge in [-0.2, -0.15) is 29.1 Å². The molecule has 96 valence electrons. The van der Waals surface area contributed by atoms with E-state index in [1.54, 1.807) is 20.2 Å². The summed E-state index contributed by atoms with van der Waals surface area (Å²) < 4.78 is 39.9. The number of thiol groups is 1. The number of rotatable bonds is 0. The Morgan fingerprint density at radius 3 is 2.24 bits per heavy atom. The maximum atomic E-state index is 12.8. The highest BCUT2D eigenvalue weighted by Crippen LogP contribution is 2.34. The smallest absolute Gasteiger partial charge is 0.230 e. The monoisotopic (exact) mass is 305 g/mol. The van der Waals surface area contributed by atoms with Crippen molar-refractivity contribution in [2.75, 3.05) is 6.26 Å². The van der Waals surface area contributed by atoms with Crippen molar-refractivity contribution in [1.82, 2.24) is 4.98 Å². The van der Waals surface area contributed by atoms with Crippen LogP contribution in [-0.2, 0) is 13.2 Å². The van der Waals surface area contributed by atoms with E-state index in [0.29, 0.717) is 17.0 Å². The van der Waals surface area contributed by atoms with Crippen LogP contribution in [0.25, 0.3) is 0 Å². The molecule has 1 rings (SSSR count). The normalized spacial score (nSPS) is 13.5. The molecule has 8 heteroatoms. The molecule has 0 saturated carbocycles. The molecule has 1 aromatic heterocycles. The van der Waals surface area contributed by atoms with Crippen LogP contribution >= 0.6 is 34.6 Å². The van der Waals surface area contributed by atoms with Gasteiger partial charge in [0.25, 0.3) is 5.15 Å². The van der Waals surface area contributed by atoms with E-state index < -0.39 is 16.9 Å². The van der Waals surface area contributed by atoms with Gasteiger partial charge in [-0.25, -0.2) is 4.98 Å². The van der Waals surface area contributed by atoms with Crippen LogP contribution in [0.15, 0.2) is 0 Å². The number of alkyl halides is 3. The molecule has 0 fully saturated rings. The summed E-state index contributed by atoms with van der Waals surface area (Å²) in [4.78, 5) is 3.57. The van der Waals surface area contributed by atoms with Gasteiger partial charge < -0.3 is 0 Å². The molecule has 0 N–H and O–H groups in total. The SMILES string of the molecule is C/[SH]=c1/nc(C(F)(F)F)c(Cl)c(Cl)[n+](C)c1C. The van der Waals surface area contributed by atoms with Gasteiger partial charge in [0.1, 0.15) is 7.05 Å². The molecule has 1 heterocycles. The lowest BCUT2D eigenvalue weighted by atomic mass is 10.4. The predicted octanol–water partition coefficient (Wildman–Crippen LogP) is 3.17. The second kappa shape index (κ2) is 5.12. The Kier molecular flexibility index (Phi) is 4.43. The fraction of sp³-hybridized carbons (Fsp3) is 0.444. The van der Waals surface area contributed by atoms with Gasteiger partial charge in [-0.05, 0) is 17.9 Å². The number of halogens is 5. The van der Waals surface area contributed by atoms with Crippen molar-refractivity contribution < 1.29 is 17.7 Å².